The minimum Gasteiger partial charge on any atom is -0.371 e. The van der Waals surface area contributed by atoms with Crippen LogP contribution in [0.15, 0.2) is 18.2 Å². The van der Waals surface area contributed by atoms with Crippen LogP contribution in [-0.4, -0.2) is 18.0 Å². The van der Waals surface area contributed by atoms with Crippen molar-refractivity contribution in [3.63, 3.8) is 0 Å². The molecule has 0 saturated heterocycles. The number of para-hydroxylation sites is 1. The standard InChI is InChI=1S/C12H14N2O2/c15-14(16)11-6-8-13-7-2-4-9-3-1-5-10(11)12(9)13/h1,3,5,11H,2,4,6-8H2. The van der Waals surface area contributed by atoms with E-state index in [0.29, 0.717) is 6.42 Å². The number of anilines is 1. The number of hydrogen-bond donors (Lipinski definition) is 0. The molecule has 2 heterocycles. The summed E-state index contributed by atoms with van der Waals surface area (Å²) >= 11 is 0. The van der Waals surface area contributed by atoms with Crippen LogP contribution in [0.4, 0.5) is 5.69 Å². The third-order valence-electron chi connectivity index (χ3n) is 3.63. The third kappa shape index (κ3) is 1.29. The van der Waals surface area contributed by atoms with Gasteiger partial charge in [-0.15, -0.1) is 0 Å². The molecule has 1 aromatic carbocycles. The summed E-state index contributed by atoms with van der Waals surface area (Å²) in [6.07, 6.45) is 2.87. The van der Waals surface area contributed by atoms with E-state index in [2.05, 4.69) is 11.0 Å². The van der Waals surface area contributed by atoms with Crippen LogP contribution in [0.3, 0.4) is 0 Å². The van der Waals surface area contributed by atoms with Crippen molar-refractivity contribution >= 4 is 5.69 Å². The van der Waals surface area contributed by atoms with Crippen molar-refractivity contribution in [2.24, 2.45) is 0 Å². The lowest BCUT2D eigenvalue weighted by Gasteiger charge is -2.37. The van der Waals surface area contributed by atoms with E-state index in [-0.39, 0.29) is 4.92 Å². The van der Waals surface area contributed by atoms with Gasteiger partial charge in [-0.3, -0.25) is 10.1 Å². The first kappa shape index (κ1) is 9.63. The monoisotopic (exact) mass is 218 g/mol. The first-order valence-electron chi connectivity index (χ1n) is 5.77. The molecular formula is C12H14N2O2. The molecular weight excluding hydrogens is 204 g/mol. The zero-order chi connectivity index (χ0) is 11.1. The maximum Gasteiger partial charge on any atom is 0.241 e. The molecule has 0 aliphatic carbocycles. The van der Waals surface area contributed by atoms with Gasteiger partial charge in [-0.1, -0.05) is 18.2 Å². The fraction of sp³-hybridized carbons (Fsp3) is 0.500. The Labute approximate surface area is 94.0 Å². The van der Waals surface area contributed by atoms with Gasteiger partial charge >= 0.3 is 0 Å². The summed E-state index contributed by atoms with van der Waals surface area (Å²) in [5.74, 6) is 0. The van der Waals surface area contributed by atoms with Gasteiger partial charge in [-0.2, -0.15) is 0 Å². The van der Waals surface area contributed by atoms with E-state index < -0.39 is 6.04 Å². The summed E-state index contributed by atoms with van der Waals surface area (Å²) in [7, 11) is 0. The highest BCUT2D eigenvalue weighted by Gasteiger charge is 2.35. The second-order valence-corrected chi connectivity index (χ2v) is 4.54. The van der Waals surface area contributed by atoms with Gasteiger partial charge in [-0.25, -0.2) is 0 Å². The van der Waals surface area contributed by atoms with Crippen molar-refractivity contribution in [3.8, 4) is 0 Å². The summed E-state index contributed by atoms with van der Waals surface area (Å²) in [4.78, 5) is 13.2. The fourth-order valence-electron chi connectivity index (χ4n) is 2.92. The number of hydrogen-bond acceptors (Lipinski definition) is 3. The van der Waals surface area contributed by atoms with Gasteiger partial charge < -0.3 is 4.90 Å². The third-order valence-corrected chi connectivity index (χ3v) is 3.63. The van der Waals surface area contributed by atoms with Crippen molar-refractivity contribution < 1.29 is 4.92 Å². The van der Waals surface area contributed by atoms with Crippen molar-refractivity contribution in [2.75, 3.05) is 18.0 Å². The molecule has 0 spiro atoms. The van der Waals surface area contributed by atoms with E-state index in [0.717, 1.165) is 30.8 Å². The first-order valence-corrected chi connectivity index (χ1v) is 5.77. The van der Waals surface area contributed by atoms with Crippen LogP contribution in [0.2, 0.25) is 0 Å². The number of benzene rings is 1. The quantitative estimate of drug-likeness (QED) is 0.536. The highest BCUT2D eigenvalue weighted by Crippen LogP contribution is 2.40. The van der Waals surface area contributed by atoms with Gasteiger partial charge in [0.2, 0.25) is 6.04 Å². The Kier molecular flexibility index (Phi) is 2.09. The Balaban J connectivity index is 2.15. The Morgan fingerprint density at radius 2 is 2.25 bits per heavy atom. The van der Waals surface area contributed by atoms with E-state index in [1.54, 1.807) is 0 Å². The molecule has 0 bridgehead atoms. The predicted octanol–water partition coefficient (Wildman–Crippen LogP) is 2.16. The van der Waals surface area contributed by atoms with E-state index in [4.69, 9.17) is 0 Å². The van der Waals surface area contributed by atoms with Crippen molar-refractivity contribution in [1.29, 1.82) is 0 Å². The zero-order valence-electron chi connectivity index (χ0n) is 9.06. The van der Waals surface area contributed by atoms with Gasteiger partial charge in [-0.05, 0) is 18.4 Å². The molecule has 84 valence electrons. The normalized spacial score (nSPS) is 22.8. The summed E-state index contributed by atoms with van der Waals surface area (Å²) in [6, 6.07) is 5.49. The number of aryl methyl sites for hydroxylation is 1. The van der Waals surface area contributed by atoms with Crippen LogP contribution >= 0.6 is 0 Å². The maximum absolute atomic E-state index is 11.0. The molecule has 0 N–H and O–H groups in total. The highest BCUT2D eigenvalue weighted by atomic mass is 16.6. The maximum atomic E-state index is 11.0. The molecule has 0 aromatic heterocycles. The van der Waals surface area contributed by atoms with Gasteiger partial charge in [0.25, 0.3) is 0 Å². The van der Waals surface area contributed by atoms with Crippen LogP contribution < -0.4 is 4.90 Å². The SMILES string of the molecule is O=[N+]([O-])C1CCN2CCCc3cccc1c32. The highest BCUT2D eigenvalue weighted by molar-refractivity contribution is 5.63. The molecule has 16 heavy (non-hydrogen) atoms. The Morgan fingerprint density at radius 3 is 3.06 bits per heavy atom. The van der Waals surface area contributed by atoms with Gasteiger partial charge in [0.15, 0.2) is 0 Å². The molecule has 0 amide bonds. The van der Waals surface area contributed by atoms with Crippen LogP contribution in [0.5, 0.6) is 0 Å². The molecule has 3 rings (SSSR count). The summed E-state index contributed by atoms with van der Waals surface area (Å²) < 4.78 is 0. The molecule has 0 fully saturated rings. The van der Waals surface area contributed by atoms with E-state index in [1.807, 2.05) is 12.1 Å². The molecule has 4 nitrogen and oxygen atoms in total. The Bertz CT molecular complexity index is 445. The molecule has 2 aliphatic rings. The molecule has 4 heteroatoms. The first-order chi connectivity index (χ1) is 7.77. The van der Waals surface area contributed by atoms with Gasteiger partial charge in [0, 0.05) is 30.0 Å². The second-order valence-electron chi connectivity index (χ2n) is 4.54. The largest absolute Gasteiger partial charge is 0.371 e. The average molecular weight is 218 g/mol. The smallest absolute Gasteiger partial charge is 0.241 e. The van der Waals surface area contributed by atoms with Crippen molar-refractivity contribution in [2.45, 2.75) is 25.3 Å². The van der Waals surface area contributed by atoms with Crippen LogP contribution in [-0.2, 0) is 6.42 Å². The molecule has 1 atom stereocenters. The summed E-state index contributed by atoms with van der Waals surface area (Å²) in [5, 5.41) is 11.0. The topological polar surface area (TPSA) is 46.4 Å². The van der Waals surface area contributed by atoms with Crippen LogP contribution in [0.1, 0.15) is 30.0 Å². The van der Waals surface area contributed by atoms with E-state index in [9.17, 15) is 10.1 Å². The Morgan fingerprint density at radius 1 is 1.38 bits per heavy atom. The molecule has 2 aliphatic heterocycles. The lowest BCUT2D eigenvalue weighted by atomic mass is 9.89. The predicted molar refractivity (Wildman–Crippen MR) is 61.3 cm³/mol. The molecule has 0 saturated carbocycles. The molecule has 1 aromatic rings. The number of nitrogens with zero attached hydrogens (tertiary/aromatic N) is 2. The summed E-state index contributed by atoms with van der Waals surface area (Å²) in [5.41, 5.74) is 3.37. The van der Waals surface area contributed by atoms with Crippen LogP contribution in [0, 0.1) is 10.1 Å². The summed E-state index contributed by atoms with van der Waals surface area (Å²) in [6.45, 7) is 1.88. The lowest BCUT2D eigenvalue weighted by Crippen LogP contribution is -2.37. The number of nitro groups is 1. The molecule has 1 unspecified atom stereocenters. The Hall–Kier alpha value is -1.58. The number of rotatable bonds is 1. The molecule has 0 radical (unpaired) electrons. The van der Waals surface area contributed by atoms with Crippen molar-refractivity contribution in [1.82, 2.24) is 0 Å². The van der Waals surface area contributed by atoms with Gasteiger partial charge in [0.1, 0.15) is 0 Å². The lowest BCUT2D eigenvalue weighted by molar-refractivity contribution is -0.530. The second kappa shape index (κ2) is 3.47. The van der Waals surface area contributed by atoms with Crippen LogP contribution in [0.25, 0.3) is 0 Å². The van der Waals surface area contributed by atoms with Crippen molar-refractivity contribution in [3.05, 3.63) is 39.4 Å². The fourth-order valence-corrected chi connectivity index (χ4v) is 2.92. The van der Waals surface area contributed by atoms with E-state index >= 15 is 0 Å². The average Bonchev–Trinajstić information content (AvgIpc) is 2.30. The van der Waals surface area contributed by atoms with Gasteiger partial charge in [0.05, 0.1) is 5.69 Å². The van der Waals surface area contributed by atoms with E-state index in [1.165, 1.54) is 12.0 Å². The minimum absolute atomic E-state index is 0.137. The zero-order valence-corrected chi connectivity index (χ0v) is 9.06. The minimum atomic E-state index is -0.496.